The molecule has 2 fully saturated rings. The maximum absolute atomic E-state index is 12.9. The third-order valence-electron chi connectivity index (χ3n) is 7.46. The largest absolute Gasteiger partial charge is 0.497 e. The lowest BCUT2D eigenvalue weighted by atomic mass is 10.1. The molecule has 1 aliphatic heterocycles. The molecule has 5 aromatic rings. The van der Waals surface area contributed by atoms with Crippen molar-refractivity contribution in [2.45, 2.75) is 19.9 Å². The highest BCUT2D eigenvalue weighted by Crippen LogP contribution is 2.39. The number of carbonyl (C=O) groups is 1. The fourth-order valence-electron chi connectivity index (χ4n) is 4.94. The number of pyridine rings is 2. The average molecular weight is 590 g/mol. The van der Waals surface area contributed by atoms with Gasteiger partial charge in [0.25, 0.3) is 0 Å². The van der Waals surface area contributed by atoms with Crippen molar-refractivity contribution in [3.8, 4) is 17.0 Å². The van der Waals surface area contributed by atoms with Crippen LogP contribution in [0.3, 0.4) is 0 Å². The van der Waals surface area contributed by atoms with E-state index in [0.717, 1.165) is 11.3 Å². The maximum Gasteiger partial charge on any atom is 0.228 e. The quantitative estimate of drug-likeness (QED) is 0.281. The van der Waals surface area contributed by atoms with Crippen LogP contribution in [0.4, 0.5) is 17.3 Å². The molecular weight excluding hydrogens is 544 g/mol. The summed E-state index contributed by atoms with van der Waals surface area (Å²) >= 11 is 0. The summed E-state index contributed by atoms with van der Waals surface area (Å²) in [6.45, 7) is -13.6. The van der Waals surface area contributed by atoms with Crippen LogP contribution in [0.2, 0.25) is 0 Å². The zero-order valence-electron chi connectivity index (χ0n) is 34.2. The summed E-state index contributed by atoms with van der Waals surface area (Å²) in [5, 5.41) is 16.3. The summed E-state index contributed by atoms with van der Waals surface area (Å²) in [5.41, 5.74) is 1.54. The van der Waals surface area contributed by atoms with E-state index in [2.05, 4.69) is 30.3 Å². The molecule has 1 amide bonds. The Morgan fingerprint density at radius 2 is 2.00 bits per heavy atom. The number of morpholine rings is 1. The fraction of sp³-hybridized carbons (Fsp3) is 0.344. The first-order valence-corrected chi connectivity index (χ1v) is 13.5. The van der Waals surface area contributed by atoms with Gasteiger partial charge in [-0.15, -0.1) is 10.2 Å². The van der Waals surface area contributed by atoms with E-state index in [-0.39, 0.29) is 52.8 Å². The number of amides is 1. The molecule has 0 unspecified atom stereocenters. The Morgan fingerprint density at radius 3 is 2.74 bits per heavy atom. The number of anilines is 3. The van der Waals surface area contributed by atoms with Gasteiger partial charge in [-0.3, -0.25) is 4.79 Å². The van der Waals surface area contributed by atoms with Gasteiger partial charge in [0.2, 0.25) is 5.91 Å². The predicted molar refractivity (Wildman–Crippen MR) is 166 cm³/mol. The SMILES string of the molecule is [2H]C([2H])([2H])N(Cc1ccc(OC)cc1)c1ncc(-c2cc3ccc(N4C([2H])([2H])C([2H])([2H])OC([2H])([2H])C4([2H])[2H])cn3n2)c2cc(NC(=O)[C@H]3C[C@H]3C)nnc12. The van der Waals surface area contributed by atoms with Gasteiger partial charge in [0.05, 0.1) is 54.3 Å². The number of hydrogen-bond donors (Lipinski definition) is 1. The number of methoxy groups -OCH3 is 1. The molecule has 1 N–H and O–H groups in total. The first-order chi connectivity index (χ1) is 25.1. The minimum atomic E-state index is -3.25. The van der Waals surface area contributed by atoms with Crippen LogP contribution in [0.15, 0.2) is 60.9 Å². The molecule has 43 heavy (non-hydrogen) atoms. The monoisotopic (exact) mass is 589 g/mol. The zero-order valence-corrected chi connectivity index (χ0v) is 23.2. The van der Waals surface area contributed by atoms with Crippen LogP contribution in [0, 0.1) is 11.8 Å². The Hall–Kier alpha value is -4.77. The van der Waals surface area contributed by atoms with Gasteiger partial charge in [-0.2, -0.15) is 5.10 Å². The van der Waals surface area contributed by atoms with Crippen molar-refractivity contribution >= 4 is 39.6 Å². The number of nitrogens with zero attached hydrogens (tertiary/aromatic N) is 7. The summed E-state index contributed by atoms with van der Waals surface area (Å²) in [7, 11) is 1.52. The zero-order chi connectivity index (χ0) is 39.2. The summed E-state index contributed by atoms with van der Waals surface area (Å²) in [4.78, 5) is 18.9. The third kappa shape index (κ3) is 5.43. The normalized spacial score (nSPS) is 26.9. The number of rotatable bonds is 8. The highest BCUT2D eigenvalue weighted by Gasteiger charge is 2.39. The molecule has 7 rings (SSSR count). The van der Waals surface area contributed by atoms with Gasteiger partial charge in [-0.05, 0) is 54.3 Å². The first kappa shape index (κ1) is 17.4. The first-order valence-electron chi connectivity index (χ1n) is 19.0. The minimum Gasteiger partial charge on any atom is -0.497 e. The van der Waals surface area contributed by atoms with Crippen LogP contribution in [-0.4, -0.2) is 70.9 Å². The second-order valence-electron chi connectivity index (χ2n) is 10.4. The van der Waals surface area contributed by atoms with Gasteiger partial charge in [-0.25, -0.2) is 9.50 Å². The summed E-state index contributed by atoms with van der Waals surface area (Å²) in [6, 6.07) is 12.8. The summed E-state index contributed by atoms with van der Waals surface area (Å²) in [6.07, 6.45) is 3.37. The van der Waals surface area contributed by atoms with Crippen molar-refractivity contribution in [2.75, 3.05) is 55.3 Å². The second-order valence-corrected chi connectivity index (χ2v) is 10.4. The Morgan fingerprint density at radius 1 is 1.19 bits per heavy atom. The molecule has 1 aromatic carbocycles. The van der Waals surface area contributed by atoms with Gasteiger partial charge >= 0.3 is 0 Å². The fourth-order valence-corrected chi connectivity index (χ4v) is 4.94. The molecule has 1 saturated carbocycles. The van der Waals surface area contributed by atoms with Gasteiger partial charge in [0.1, 0.15) is 11.3 Å². The average Bonchev–Trinajstić information content (AvgIpc) is 3.67. The van der Waals surface area contributed by atoms with E-state index >= 15 is 0 Å². The van der Waals surface area contributed by atoms with E-state index in [1.165, 1.54) is 36.2 Å². The van der Waals surface area contributed by atoms with Crippen molar-refractivity contribution in [3.05, 3.63) is 66.5 Å². The Balaban J connectivity index is 1.35. The molecule has 1 saturated heterocycles. The van der Waals surface area contributed by atoms with E-state index in [1.54, 1.807) is 36.4 Å². The molecule has 220 valence electrons. The Kier molecular flexibility index (Phi) is 4.50. The van der Waals surface area contributed by atoms with E-state index < -0.39 is 33.1 Å². The van der Waals surface area contributed by atoms with Crippen molar-refractivity contribution in [2.24, 2.45) is 11.8 Å². The lowest BCUT2D eigenvalue weighted by Crippen LogP contribution is -2.36. The molecule has 2 aliphatic rings. The highest BCUT2D eigenvalue weighted by atomic mass is 16.5. The summed E-state index contributed by atoms with van der Waals surface area (Å²) < 4.78 is 102. The molecule has 0 radical (unpaired) electrons. The lowest BCUT2D eigenvalue weighted by molar-refractivity contribution is -0.117. The van der Waals surface area contributed by atoms with E-state index in [9.17, 15) is 4.79 Å². The maximum atomic E-state index is 12.9. The topological polar surface area (TPSA) is 110 Å². The number of carbonyl (C=O) groups excluding carboxylic acids is 1. The van der Waals surface area contributed by atoms with E-state index in [0.29, 0.717) is 32.7 Å². The van der Waals surface area contributed by atoms with Crippen molar-refractivity contribution in [1.29, 1.82) is 0 Å². The predicted octanol–water partition coefficient (Wildman–Crippen LogP) is 4.42. The van der Waals surface area contributed by atoms with Crippen LogP contribution in [0.25, 0.3) is 27.7 Å². The van der Waals surface area contributed by atoms with E-state index in [4.69, 9.17) is 19.8 Å². The van der Waals surface area contributed by atoms with Crippen LogP contribution >= 0.6 is 0 Å². The molecule has 5 heterocycles. The molecule has 11 nitrogen and oxygen atoms in total. The number of nitrogens with one attached hydrogen (secondary N) is 1. The standard InChI is InChI=1S/C32H34N8O3/c1-20-14-25(20)32(41)34-29-16-26-27(28-15-22-6-7-23(19-40(22)37-28)39-10-12-43-13-11-39)17-33-31(30(26)36-35-29)38(2)18-21-4-8-24(42-3)9-5-21/h4-9,15-17,19-20,25H,10-14,18H2,1-3H3,(H,34,35,41)/t20-,25+/m1/s1/i2D3,10D2,11D2,12D2,13D2. The molecule has 0 spiro atoms. The number of hydrogen-bond acceptors (Lipinski definition) is 9. The number of aromatic nitrogens is 5. The molecule has 4 aromatic heterocycles. The Bertz CT molecular complexity index is 2240. The lowest BCUT2D eigenvalue weighted by Gasteiger charge is -2.28. The smallest absolute Gasteiger partial charge is 0.228 e. The van der Waals surface area contributed by atoms with Crippen LogP contribution in [0.1, 0.15) is 34.0 Å². The summed E-state index contributed by atoms with van der Waals surface area (Å²) in [5.74, 6) is 0.514. The molecule has 11 heteroatoms. The van der Waals surface area contributed by atoms with Gasteiger partial charge in [-0.1, -0.05) is 19.1 Å². The highest BCUT2D eigenvalue weighted by molar-refractivity contribution is 6.02. The van der Waals surface area contributed by atoms with Crippen molar-refractivity contribution in [1.82, 2.24) is 24.8 Å². The van der Waals surface area contributed by atoms with Gasteiger partial charge in [0.15, 0.2) is 11.6 Å². The van der Waals surface area contributed by atoms with Crippen LogP contribution in [0.5, 0.6) is 5.75 Å². The molecule has 0 bridgehead atoms. The van der Waals surface area contributed by atoms with Crippen molar-refractivity contribution < 1.29 is 29.3 Å². The molecule has 2 atom stereocenters. The number of ether oxygens (including phenoxy) is 2. The van der Waals surface area contributed by atoms with Crippen LogP contribution in [-0.2, 0) is 16.1 Å². The van der Waals surface area contributed by atoms with Gasteiger partial charge < -0.3 is 24.6 Å². The Labute approximate surface area is 264 Å². The molecule has 1 aliphatic carbocycles. The minimum absolute atomic E-state index is 0.0165. The van der Waals surface area contributed by atoms with Gasteiger partial charge in [0, 0.05) is 53.7 Å². The van der Waals surface area contributed by atoms with E-state index in [1.807, 2.05) is 6.92 Å². The second kappa shape index (κ2) is 11.1. The molecular formula is C32H34N8O3. The number of fused-ring (bicyclic) bond motifs is 2. The third-order valence-corrected chi connectivity index (χ3v) is 7.46. The number of benzene rings is 1. The van der Waals surface area contributed by atoms with Crippen LogP contribution < -0.4 is 19.9 Å². The van der Waals surface area contributed by atoms with Crippen molar-refractivity contribution in [3.63, 3.8) is 0 Å².